The molecule has 0 unspecified atom stereocenters. The summed E-state index contributed by atoms with van der Waals surface area (Å²) >= 11 is 1.42. The van der Waals surface area contributed by atoms with Crippen LogP contribution in [0.5, 0.6) is 0 Å². The number of likely N-dealkylation sites (N-methyl/N-ethyl adjacent to an activating group) is 1. The van der Waals surface area contributed by atoms with Crippen LogP contribution in [0.25, 0.3) is 0 Å². The van der Waals surface area contributed by atoms with E-state index in [0.717, 1.165) is 18.5 Å². The number of hydrogen-bond donors (Lipinski definition) is 3. The summed E-state index contributed by atoms with van der Waals surface area (Å²) in [6.45, 7) is 8.94. The predicted molar refractivity (Wildman–Crippen MR) is 94.7 cm³/mol. The molecule has 0 radical (unpaired) electrons. The smallest absolute Gasteiger partial charge is 0.321 e. The van der Waals surface area contributed by atoms with Gasteiger partial charge in [-0.1, -0.05) is 27.7 Å². The quantitative estimate of drug-likeness (QED) is 0.730. The Labute approximate surface area is 146 Å². The fourth-order valence-corrected chi connectivity index (χ4v) is 3.60. The summed E-state index contributed by atoms with van der Waals surface area (Å²) in [5, 5.41) is 17.1. The number of carbonyl (C=O) groups is 2. The van der Waals surface area contributed by atoms with Crippen LogP contribution in [0.1, 0.15) is 46.2 Å². The maximum Gasteiger partial charge on any atom is 0.321 e. The van der Waals surface area contributed by atoms with E-state index in [0.29, 0.717) is 11.7 Å². The fraction of sp³-hybridized carbons (Fsp3) is 0.688. The number of amides is 2. The maximum absolute atomic E-state index is 12.0. The third-order valence-electron chi connectivity index (χ3n) is 4.20. The Morgan fingerprint density at radius 3 is 2.58 bits per heavy atom. The highest BCUT2D eigenvalue weighted by molar-refractivity contribution is 7.13. The highest BCUT2D eigenvalue weighted by Gasteiger charge is 2.34. The lowest BCUT2D eigenvalue weighted by atomic mass is 9.85. The van der Waals surface area contributed by atoms with E-state index in [1.807, 2.05) is 17.2 Å². The summed E-state index contributed by atoms with van der Waals surface area (Å²) in [6, 6.07) is 0.0539. The number of anilines is 1. The van der Waals surface area contributed by atoms with Gasteiger partial charge in [-0.3, -0.25) is 15.0 Å². The number of rotatable bonds is 6. The van der Waals surface area contributed by atoms with Crippen molar-refractivity contribution in [3.8, 4) is 0 Å². The lowest BCUT2D eigenvalue weighted by Gasteiger charge is -2.42. The van der Waals surface area contributed by atoms with Crippen LogP contribution in [0.15, 0.2) is 5.38 Å². The summed E-state index contributed by atoms with van der Waals surface area (Å²) in [6.07, 6.45) is 1.55. The van der Waals surface area contributed by atoms with Crippen LogP contribution < -0.4 is 10.6 Å². The molecule has 0 aromatic carbocycles. The Kier molecular flexibility index (Phi) is 5.82. The second-order valence-corrected chi connectivity index (χ2v) is 8.02. The van der Waals surface area contributed by atoms with E-state index < -0.39 is 5.97 Å². The molecule has 1 aromatic heterocycles. The van der Waals surface area contributed by atoms with Crippen molar-refractivity contribution in [3.63, 3.8) is 0 Å². The molecule has 0 bridgehead atoms. The van der Waals surface area contributed by atoms with Gasteiger partial charge in [0.2, 0.25) is 0 Å². The van der Waals surface area contributed by atoms with Crippen LogP contribution in [0, 0.1) is 0 Å². The van der Waals surface area contributed by atoms with Gasteiger partial charge in [-0.15, -0.1) is 11.3 Å². The first-order valence-electron chi connectivity index (χ1n) is 8.18. The van der Waals surface area contributed by atoms with E-state index in [2.05, 4.69) is 36.4 Å². The zero-order valence-corrected chi connectivity index (χ0v) is 15.4. The Balaban J connectivity index is 1.76. The number of carbonyl (C=O) groups excluding carboxylic acids is 1. The lowest BCUT2D eigenvalue weighted by molar-refractivity contribution is -0.139. The van der Waals surface area contributed by atoms with Crippen LogP contribution in [0.2, 0.25) is 0 Å². The Morgan fingerprint density at radius 2 is 2.08 bits per heavy atom. The average Bonchev–Trinajstić information content (AvgIpc) is 2.88. The van der Waals surface area contributed by atoms with E-state index in [1.165, 1.54) is 11.3 Å². The predicted octanol–water partition coefficient (Wildman–Crippen LogP) is 2.50. The van der Waals surface area contributed by atoms with Gasteiger partial charge in [0.1, 0.15) is 0 Å². The molecule has 0 aliphatic heterocycles. The fourth-order valence-electron chi connectivity index (χ4n) is 2.67. The van der Waals surface area contributed by atoms with E-state index in [1.54, 1.807) is 0 Å². The highest BCUT2D eigenvalue weighted by Crippen LogP contribution is 2.27. The van der Waals surface area contributed by atoms with E-state index in [-0.39, 0.29) is 30.1 Å². The third-order valence-corrected chi connectivity index (χ3v) is 4.96. The molecule has 1 aromatic rings. The summed E-state index contributed by atoms with van der Waals surface area (Å²) in [7, 11) is 0. The van der Waals surface area contributed by atoms with Crippen molar-refractivity contribution in [2.75, 3.05) is 18.4 Å². The molecule has 1 aliphatic rings. The SMILES string of the molecule is CCN(CC(=O)O)C1CC(NC(=O)Nc2nc(C(C)(C)C)cs2)C1. The second kappa shape index (κ2) is 7.48. The maximum atomic E-state index is 12.0. The highest BCUT2D eigenvalue weighted by atomic mass is 32.1. The number of hydrogen-bond acceptors (Lipinski definition) is 5. The second-order valence-electron chi connectivity index (χ2n) is 7.17. The molecule has 0 saturated heterocycles. The van der Waals surface area contributed by atoms with E-state index >= 15 is 0 Å². The Morgan fingerprint density at radius 1 is 1.42 bits per heavy atom. The van der Waals surface area contributed by atoms with Crippen LogP contribution >= 0.6 is 11.3 Å². The van der Waals surface area contributed by atoms with Crippen molar-refractivity contribution in [2.24, 2.45) is 0 Å². The molecule has 7 nitrogen and oxygen atoms in total. The molecule has 1 saturated carbocycles. The van der Waals surface area contributed by atoms with E-state index in [4.69, 9.17) is 5.11 Å². The van der Waals surface area contributed by atoms with Crippen molar-refractivity contribution in [3.05, 3.63) is 11.1 Å². The zero-order valence-electron chi connectivity index (χ0n) is 14.6. The summed E-state index contributed by atoms with van der Waals surface area (Å²) in [4.78, 5) is 29.2. The van der Waals surface area contributed by atoms with Gasteiger partial charge in [0.05, 0.1) is 12.2 Å². The molecular formula is C16H26N4O3S. The third kappa shape index (κ3) is 4.91. The summed E-state index contributed by atoms with van der Waals surface area (Å²) in [5.41, 5.74) is 0.917. The molecule has 1 aliphatic carbocycles. The number of nitrogens with zero attached hydrogens (tertiary/aromatic N) is 2. The van der Waals surface area contributed by atoms with Crippen molar-refractivity contribution in [1.82, 2.24) is 15.2 Å². The average molecular weight is 354 g/mol. The molecule has 2 rings (SSSR count). The van der Waals surface area contributed by atoms with Crippen LogP contribution in [0.4, 0.5) is 9.93 Å². The van der Waals surface area contributed by atoms with E-state index in [9.17, 15) is 9.59 Å². The van der Waals surface area contributed by atoms with Gasteiger partial charge in [-0.25, -0.2) is 9.78 Å². The van der Waals surface area contributed by atoms with Gasteiger partial charge in [-0.2, -0.15) is 0 Å². The van der Waals surface area contributed by atoms with Gasteiger partial charge in [0.25, 0.3) is 0 Å². The van der Waals surface area contributed by atoms with Crippen LogP contribution in [-0.4, -0.2) is 52.2 Å². The summed E-state index contributed by atoms with van der Waals surface area (Å²) < 4.78 is 0. The molecule has 24 heavy (non-hydrogen) atoms. The van der Waals surface area contributed by atoms with Gasteiger partial charge in [-0.05, 0) is 19.4 Å². The normalized spacial score (nSPS) is 20.5. The van der Waals surface area contributed by atoms with Crippen molar-refractivity contribution in [1.29, 1.82) is 0 Å². The molecule has 134 valence electrons. The number of thiazole rings is 1. The van der Waals surface area contributed by atoms with Gasteiger partial charge in [0.15, 0.2) is 5.13 Å². The molecular weight excluding hydrogens is 328 g/mol. The monoisotopic (exact) mass is 354 g/mol. The number of carboxylic acids is 1. The molecule has 0 atom stereocenters. The largest absolute Gasteiger partial charge is 0.480 e. The first kappa shape index (κ1) is 18.7. The molecule has 8 heteroatoms. The molecule has 1 fully saturated rings. The molecule has 3 N–H and O–H groups in total. The Hall–Kier alpha value is -1.67. The topological polar surface area (TPSA) is 94.6 Å². The Bertz CT molecular complexity index is 590. The van der Waals surface area contributed by atoms with Gasteiger partial charge >= 0.3 is 12.0 Å². The van der Waals surface area contributed by atoms with Gasteiger partial charge in [0, 0.05) is 22.9 Å². The van der Waals surface area contributed by atoms with Crippen molar-refractivity contribution >= 4 is 28.5 Å². The number of aromatic nitrogens is 1. The molecule has 2 amide bonds. The van der Waals surface area contributed by atoms with Crippen molar-refractivity contribution in [2.45, 2.75) is 58.0 Å². The minimum absolute atomic E-state index is 0.0398. The van der Waals surface area contributed by atoms with Crippen molar-refractivity contribution < 1.29 is 14.7 Å². The standard InChI is InChI=1S/C16H26N4O3S/c1-5-20(8-13(21)22)11-6-10(7-11)17-14(23)19-15-18-12(9-24-15)16(2,3)4/h9-11H,5-8H2,1-4H3,(H,21,22)(H2,17,18,19,23). The first-order valence-corrected chi connectivity index (χ1v) is 9.06. The first-order chi connectivity index (χ1) is 11.2. The number of nitrogens with one attached hydrogen (secondary N) is 2. The summed E-state index contributed by atoms with van der Waals surface area (Å²) in [5.74, 6) is -0.815. The zero-order chi connectivity index (χ0) is 17.9. The number of urea groups is 1. The number of aliphatic carboxylic acids is 1. The van der Waals surface area contributed by atoms with Gasteiger partial charge < -0.3 is 10.4 Å². The molecule has 1 heterocycles. The number of carboxylic acid groups (broad SMARTS) is 1. The molecule has 0 spiro atoms. The van der Waals surface area contributed by atoms with Crippen LogP contribution in [0.3, 0.4) is 0 Å². The van der Waals surface area contributed by atoms with Crippen LogP contribution in [-0.2, 0) is 10.2 Å². The minimum Gasteiger partial charge on any atom is -0.480 e. The minimum atomic E-state index is -0.815. The lowest BCUT2D eigenvalue weighted by Crippen LogP contribution is -2.55.